The molecule has 1 aliphatic carbocycles. The topological polar surface area (TPSA) is 64.7 Å². The Kier molecular flexibility index (Phi) is 4.03. The fourth-order valence-corrected chi connectivity index (χ4v) is 3.74. The lowest BCUT2D eigenvalue weighted by Gasteiger charge is -2.16. The molecule has 2 heterocycles. The molecule has 6 heteroatoms. The van der Waals surface area contributed by atoms with Crippen LogP contribution in [0.15, 0.2) is 30.5 Å². The van der Waals surface area contributed by atoms with Gasteiger partial charge in [-0.2, -0.15) is 5.10 Å². The first kappa shape index (κ1) is 15.9. The minimum absolute atomic E-state index is 0.0471. The van der Waals surface area contributed by atoms with Crippen molar-refractivity contribution in [3.63, 3.8) is 0 Å². The van der Waals surface area contributed by atoms with Crippen LogP contribution in [0.2, 0.25) is 0 Å². The molecule has 2 aromatic heterocycles. The number of anilines is 1. The number of amides is 1. The summed E-state index contributed by atoms with van der Waals surface area (Å²) in [5.74, 6) is 1.63. The highest BCUT2D eigenvalue weighted by molar-refractivity contribution is 5.91. The van der Waals surface area contributed by atoms with Crippen molar-refractivity contribution in [1.82, 2.24) is 19.3 Å². The molecule has 3 aromatic rings. The van der Waals surface area contributed by atoms with Crippen LogP contribution in [0.4, 0.5) is 5.82 Å². The van der Waals surface area contributed by atoms with Gasteiger partial charge >= 0.3 is 0 Å². The molecular weight excluding hydrogens is 314 g/mol. The monoisotopic (exact) mass is 337 g/mol. The van der Waals surface area contributed by atoms with Crippen molar-refractivity contribution >= 4 is 22.8 Å². The van der Waals surface area contributed by atoms with Gasteiger partial charge in [-0.1, -0.05) is 25.0 Å². The van der Waals surface area contributed by atoms with E-state index in [1.165, 1.54) is 12.8 Å². The van der Waals surface area contributed by atoms with Crippen molar-refractivity contribution in [3.8, 4) is 0 Å². The molecule has 25 heavy (non-hydrogen) atoms. The zero-order valence-electron chi connectivity index (χ0n) is 14.7. The number of nitrogens with zero attached hydrogens (tertiary/aromatic N) is 4. The summed E-state index contributed by atoms with van der Waals surface area (Å²) in [6, 6.07) is 8.30. The van der Waals surface area contributed by atoms with Crippen molar-refractivity contribution in [3.05, 3.63) is 41.9 Å². The van der Waals surface area contributed by atoms with Crippen molar-refractivity contribution < 1.29 is 4.79 Å². The van der Waals surface area contributed by atoms with Gasteiger partial charge in [-0.3, -0.25) is 4.79 Å². The molecule has 1 aliphatic rings. The molecule has 1 fully saturated rings. The number of aryl methyl sites for hydroxylation is 2. The lowest BCUT2D eigenvalue weighted by Crippen LogP contribution is -2.22. The Bertz CT molecular complexity index is 917. The van der Waals surface area contributed by atoms with E-state index in [4.69, 9.17) is 0 Å². The molecule has 0 bridgehead atoms. The number of carbonyl (C=O) groups is 1. The van der Waals surface area contributed by atoms with E-state index in [0.717, 1.165) is 41.1 Å². The van der Waals surface area contributed by atoms with E-state index in [2.05, 4.69) is 15.4 Å². The van der Waals surface area contributed by atoms with E-state index in [0.29, 0.717) is 6.04 Å². The predicted molar refractivity (Wildman–Crippen MR) is 97.6 cm³/mol. The van der Waals surface area contributed by atoms with Crippen molar-refractivity contribution in [2.24, 2.45) is 0 Å². The van der Waals surface area contributed by atoms with Crippen LogP contribution in [0.3, 0.4) is 0 Å². The lowest BCUT2D eigenvalue weighted by molar-refractivity contribution is -0.116. The van der Waals surface area contributed by atoms with E-state index in [1.807, 2.05) is 53.6 Å². The molecule has 0 saturated heterocycles. The highest BCUT2D eigenvalue weighted by Crippen LogP contribution is 2.32. The molecule has 0 unspecified atom stereocenters. The summed E-state index contributed by atoms with van der Waals surface area (Å²) >= 11 is 0. The first-order valence-corrected chi connectivity index (χ1v) is 8.89. The zero-order chi connectivity index (χ0) is 17.4. The van der Waals surface area contributed by atoms with Gasteiger partial charge in [-0.15, -0.1) is 0 Å². The molecule has 0 atom stereocenters. The first-order valence-electron chi connectivity index (χ1n) is 8.89. The maximum Gasteiger partial charge on any atom is 0.245 e. The number of rotatable bonds is 4. The van der Waals surface area contributed by atoms with Crippen LogP contribution in [0.25, 0.3) is 11.0 Å². The minimum atomic E-state index is -0.0471. The summed E-state index contributed by atoms with van der Waals surface area (Å²) in [4.78, 5) is 17.2. The number of hydrogen-bond donors (Lipinski definition) is 1. The van der Waals surface area contributed by atoms with Crippen LogP contribution in [-0.4, -0.2) is 25.2 Å². The minimum Gasteiger partial charge on any atom is -0.319 e. The maximum absolute atomic E-state index is 12.7. The van der Waals surface area contributed by atoms with Crippen LogP contribution in [-0.2, 0) is 11.3 Å². The summed E-state index contributed by atoms with van der Waals surface area (Å²) in [5, 5.41) is 7.58. The third-order valence-corrected chi connectivity index (χ3v) is 5.05. The predicted octanol–water partition coefficient (Wildman–Crippen LogP) is 3.60. The summed E-state index contributed by atoms with van der Waals surface area (Å²) < 4.78 is 3.95. The van der Waals surface area contributed by atoms with E-state index in [-0.39, 0.29) is 12.5 Å². The smallest absolute Gasteiger partial charge is 0.245 e. The summed E-state index contributed by atoms with van der Waals surface area (Å²) in [5.41, 5.74) is 2.91. The zero-order valence-corrected chi connectivity index (χ0v) is 14.7. The SMILES string of the molecule is Cc1cnn(C2CCCC2)c1NC(=O)Cn1c(C)nc2ccccc21. The molecular formula is C19H23N5O. The number of hydrogen-bond acceptors (Lipinski definition) is 3. The Morgan fingerprint density at radius 2 is 2.00 bits per heavy atom. The van der Waals surface area contributed by atoms with Crippen molar-refractivity contribution in [1.29, 1.82) is 0 Å². The number of aromatic nitrogens is 4. The first-order chi connectivity index (χ1) is 12.1. The Labute approximate surface area is 146 Å². The second-order valence-electron chi connectivity index (χ2n) is 6.84. The number of carbonyl (C=O) groups excluding carboxylic acids is 1. The number of nitrogens with one attached hydrogen (secondary N) is 1. The standard InChI is InChI=1S/C19H23N5O/c1-13-11-20-24(15-7-3-4-8-15)19(13)22-18(25)12-23-14(2)21-16-9-5-6-10-17(16)23/h5-6,9-11,15H,3-4,7-8,12H2,1-2H3,(H,22,25). The molecule has 6 nitrogen and oxygen atoms in total. The quantitative estimate of drug-likeness (QED) is 0.791. The van der Waals surface area contributed by atoms with Gasteiger partial charge in [-0.05, 0) is 38.8 Å². The van der Waals surface area contributed by atoms with Crippen LogP contribution >= 0.6 is 0 Å². The van der Waals surface area contributed by atoms with Gasteiger partial charge < -0.3 is 9.88 Å². The highest BCUT2D eigenvalue weighted by Gasteiger charge is 2.22. The number of para-hydroxylation sites is 2. The summed E-state index contributed by atoms with van der Waals surface area (Å²) in [6.45, 7) is 4.18. The van der Waals surface area contributed by atoms with Gasteiger partial charge in [0.15, 0.2) is 0 Å². The summed E-state index contributed by atoms with van der Waals surface area (Å²) in [7, 11) is 0. The second-order valence-corrected chi connectivity index (χ2v) is 6.84. The third kappa shape index (κ3) is 2.92. The molecule has 0 aliphatic heterocycles. The Hall–Kier alpha value is -2.63. The molecule has 0 spiro atoms. The van der Waals surface area contributed by atoms with Gasteiger partial charge in [0.05, 0.1) is 23.3 Å². The molecule has 1 aromatic carbocycles. The Morgan fingerprint density at radius 3 is 2.80 bits per heavy atom. The van der Waals surface area contributed by atoms with E-state index < -0.39 is 0 Å². The van der Waals surface area contributed by atoms with Gasteiger partial charge in [0, 0.05) is 5.56 Å². The number of fused-ring (bicyclic) bond motifs is 1. The second kappa shape index (κ2) is 6.35. The summed E-state index contributed by atoms with van der Waals surface area (Å²) in [6.07, 6.45) is 6.57. The fourth-order valence-electron chi connectivity index (χ4n) is 3.74. The van der Waals surface area contributed by atoms with Gasteiger partial charge in [0.25, 0.3) is 0 Å². The van der Waals surface area contributed by atoms with Crippen LogP contribution in [0.5, 0.6) is 0 Å². The highest BCUT2D eigenvalue weighted by atomic mass is 16.2. The van der Waals surface area contributed by atoms with Gasteiger partial charge in [-0.25, -0.2) is 9.67 Å². The molecule has 1 amide bonds. The third-order valence-electron chi connectivity index (χ3n) is 5.05. The number of imidazole rings is 1. The molecule has 1 saturated carbocycles. The fraction of sp³-hybridized carbons (Fsp3) is 0.421. The van der Waals surface area contributed by atoms with E-state index in [9.17, 15) is 4.79 Å². The number of benzene rings is 1. The maximum atomic E-state index is 12.7. The van der Waals surface area contributed by atoms with Crippen LogP contribution in [0.1, 0.15) is 43.1 Å². The normalized spacial score (nSPS) is 15.1. The lowest BCUT2D eigenvalue weighted by atomic mass is 10.2. The molecule has 4 rings (SSSR count). The molecule has 1 N–H and O–H groups in total. The van der Waals surface area contributed by atoms with Gasteiger partial charge in [0.2, 0.25) is 5.91 Å². The van der Waals surface area contributed by atoms with E-state index >= 15 is 0 Å². The Balaban J connectivity index is 1.56. The Morgan fingerprint density at radius 1 is 1.24 bits per heavy atom. The average molecular weight is 337 g/mol. The largest absolute Gasteiger partial charge is 0.319 e. The van der Waals surface area contributed by atoms with Crippen molar-refractivity contribution in [2.45, 2.75) is 52.1 Å². The average Bonchev–Trinajstić information content (AvgIpc) is 3.30. The van der Waals surface area contributed by atoms with Gasteiger partial charge in [0.1, 0.15) is 18.2 Å². The molecule has 0 radical (unpaired) electrons. The van der Waals surface area contributed by atoms with Crippen molar-refractivity contribution in [2.75, 3.05) is 5.32 Å². The van der Waals surface area contributed by atoms with E-state index in [1.54, 1.807) is 0 Å². The van der Waals surface area contributed by atoms with Crippen LogP contribution in [0, 0.1) is 13.8 Å². The van der Waals surface area contributed by atoms with Crippen LogP contribution < -0.4 is 5.32 Å². The molecule has 130 valence electrons.